The molecule has 0 amide bonds. The minimum Gasteiger partial charge on any atom is -0.753 e. The number of carbonyl (C=O) groups excluding carboxylic acids is 1. The van der Waals surface area contributed by atoms with Crippen LogP contribution in [0, 0.1) is 0 Å². The molecule has 0 saturated carbocycles. The van der Waals surface area contributed by atoms with Gasteiger partial charge in [-0.15, -0.1) is 22.7 Å². The standard InChI is InChI=1S/C34H40N2S2.C12H8N2O4.2CNS.Ru/c1-3-5-7-9-11-29-17-19-31(37-29)15-13-27-21-23-35-33(25-27)34-26-28(22-24-36-34)14-16-32-20-18-30(38-32)12-10-8-6-4-2;15-7-18-9-2-4-14-11(6-9)10-5-8(12(16)17)1-3-13-10;2*2-1-3;/h13-26H,3-12H2,1-2H3;1-7H,(H,16,17);;;/q;;2*-1;+2/b15-13+,16-14+;;;;. The summed E-state index contributed by atoms with van der Waals surface area (Å²) in [5.74, 6) is -0.725. The van der Waals surface area contributed by atoms with Crippen LogP contribution in [0.25, 0.3) is 57.9 Å². The van der Waals surface area contributed by atoms with E-state index < -0.39 is 5.97 Å². The third-order valence-electron chi connectivity index (χ3n) is 8.81. The maximum absolute atomic E-state index is 10.8. The van der Waals surface area contributed by atoms with Gasteiger partial charge in [0.05, 0.1) is 28.3 Å². The third-order valence-corrected chi connectivity index (χ3v) is 11.0. The number of carbonyl (C=O) groups is 2. The number of thiocarbonyl (C=S) groups is 2. The zero-order chi connectivity index (χ0) is 44.8. The van der Waals surface area contributed by atoms with Crippen LogP contribution >= 0.6 is 47.1 Å². The summed E-state index contributed by atoms with van der Waals surface area (Å²) in [6, 6.07) is 23.2. The normalized spacial score (nSPS) is 10.1. The molecule has 10 nitrogen and oxygen atoms in total. The molecule has 0 aliphatic carbocycles. The molecule has 0 spiro atoms. The first-order valence-corrected chi connectivity index (χ1v) is 22.5. The van der Waals surface area contributed by atoms with Crippen molar-refractivity contribution >= 4 is 94.2 Å². The molecule has 0 aromatic carbocycles. The summed E-state index contributed by atoms with van der Waals surface area (Å²) in [5, 5.41) is 25.8. The first-order valence-electron chi connectivity index (χ1n) is 20.0. The van der Waals surface area contributed by atoms with Gasteiger partial charge in [0, 0.05) is 50.4 Å². The fraction of sp³-hybridized carbons (Fsp3) is 0.250. The fourth-order valence-corrected chi connectivity index (χ4v) is 7.73. The van der Waals surface area contributed by atoms with Gasteiger partial charge in [-0.1, -0.05) is 89.0 Å². The molecule has 0 atom stereocenters. The second kappa shape index (κ2) is 32.3. The number of rotatable bonds is 19. The van der Waals surface area contributed by atoms with E-state index in [9.17, 15) is 9.59 Å². The van der Waals surface area contributed by atoms with Crippen LogP contribution in [0.3, 0.4) is 0 Å². The number of pyridine rings is 4. The van der Waals surface area contributed by atoms with Gasteiger partial charge in [0.1, 0.15) is 5.75 Å². The topological polar surface area (TPSA) is 160 Å². The molecule has 1 N–H and O–H groups in total. The molecule has 0 aliphatic rings. The Morgan fingerprint density at radius 2 is 1.06 bits per heavy atom. The van der Waals surface area contributed by atoms with E-state index in [-0.39, 0.29) is 25.0 Å². The van der Waals surface area contributed by atoms with E-state index in [2.05, 4.69) is 136 Å². The Balaban J connectivity index is 0.000000454. The average Bonchev–Trinajstić information content (AvgIpc) is 3.96. The first kappa shape index (κ1) is 53.8. The molecule has 6 aromatic rings. The number of aromatic nitrogens is 4. The molecule has 0 bridgehead atoms. The van der Waals surface area contributed by atoms with Crippen molar-refractivity contribution in [2.75, 3.05) is 0 Å². The van der Waals surface area contributed by atoms with E-state index in [1.807, 2.05) is 35.1 Å². The molecule has 15 heteroatoms. The summed E-state index contributed by atoms with van der Waals surface area (Å²) in [4.78, 5) is 43.9. The Bertz CT molecular complexity index is 2310. The van der Waals surface area contributed by atoms with Crippen molar-refractivity contribution in [1.82, 2.24) is 19.9 Å². The number of hydrogen-bond donors (Lipinski definition) is 1. The number of carboxylic acid groups (broad SMARTS) is 1. The summed E-state index contributed by atoms with van der Waals surface area (Å²) in [6.07, 6.45) is 28.3. The smallest absolute Gasteiger partial charge is 0.753 e. The van der Waals surface area contributed by atoms with E-state index in [0.29, 0.717) is 23.6 Å². The Morgan fingerprint density at radius 3 is 1.51 bits per heavy atom. The number of carboxylic acids is 1. The van der Waals surface area contributed by atoms with Gasteiger partial charge in [0.25, 0.3) is 6.47 Å². The Hall–Kier alpha value is -5.36. The van der Waals surface area contributed by atoms with Gasteiger partial charge in [0.15, 0.2) is 0 Å². The predicted octanol–water partition coefficient (Wildman–Crippen LogP) is 13.5. The van der Waals surface area contributed by atoms with Crippen molar-refractivity contribution in [2.24, 2.45) is 0 Å². The molecular weight excluding hydrogens is 954 g/mol. The number of isothiocyanates is 2. The van der Waals surface area contributed by atoms with E-state index in [0.717, 1.165) is 22.5 Å². The van der Waals surface area contributed by atoms with Crippen molar-refractivity contribution in [3.8, 4) is 28.5 Å². The number of thiophene rings is 2. The van der Waals surface area contributed by atoms with Gasteiger partial charge < -0.3 is 20.7 Å². The molecule has 0 radical (unpaired) electrons. The van der Waals surface area contributed by atoms with Gasteiger partial charge in [-0.05, 0) is 116 Å². The predicted molar refractivity (Wildman–Crippen MR) is 263 cm³/mol. The number of unbranched alkanes of at least 4 members (excludes halogenated alkanes) is 6. The minimum absolute atomic E-state index is 0. The number of aromatic carboxylic acids is 1. The van der Waals surface area contributed by atoms with Crippen LogP contribution in [0.2, 0.25) is 0 Å². The van der Waals surface area contributed by atoms with Crippen LogP contribution in [0.1, 0.15) is 106 Å². The quantitative estimate of drug-likeness (QED) is 0.0272. The summed E-state index contributed by atoms with van der Waals surface area (Å²) in [5.41, 5.74) is 5.01. The summed E-state index contributed by atoms with van der Waals surface area (Å²) in [6.45, 7) is 4.83. The van der Waals surface area contributed by atoms with Gasteiger partial charge >= 0.3 is 25.4 Å². The van der Waals surface area contributed by atoms with Gasteiger partial charge in [-0.25, -0.2) is 4.79 Å². The van der Waals surface area contributed by atoms with Gasteiger partial charge in [-0.3, -0.25) is 24.7 Å². The number of aryl methyl sites for hydroxylation is 2. The van der Waals surface area contributed by atoms with Crippen LogP contribution in [-0.2, 0) is 37.1 Å². The molecule has 6 rings (SSSR count). The summed E-state index contributed by atoms with van der Waals surface area (Å²) in [7, 11) is 0. The van der Waals surface area contributed by atoms with Crippen LogP contribution in [0.5, 0.6) is 5.75 Å². The molecule has 0 fully saturated rings. The maximum Gasteiger partial charge on any atom is 2.00 e. The maximum atomic E-state index is 10.8. The third kappa shape index (κ3) is 21.0. The van der Waals surface area contributed by atoms with Crippen molar-refractivity contribution in [3.05, 3.63) is 145 Å². The van der Waals surface area contributed by atoms with Crippen molar-refractivity contribution in [2.45, 2.75) is 78.1 Å². The summed E-state index contributed by atoms with van der Waals surface area (Å²) >= 11 is 11.2. The van der Waals surface area contributed by atoms with Gasteiger partial charge in [-0.2, -0.15) is 10.3 Å². The molecule has 326 valence electrons. The molecule has 0 saturated heterocycles. The minimum atomic E-state index is -1.04. The van der Waals surface area contributed by atoms with Crippen LogP contribution in [-0.4, -0.2) is 47.8 Å². The fourth-order valence-electron chi connectivity index (χ4n) is 5.81. The van der Waals surface area contributed by atoms with Crippen molar-refractivity contribution in [3.63, 3.8) is 0 Å². The van der Waals surface area contributed by atoms with E-state index in [1.165, 1.54) is 131 Å². The Morgan fingerprint density at radius 1 is 0.635 bits per heavy atom. The molecule has 0 unspecified atom stereocenters. The van der Waals surface area contributed by atoms with Crippen LogP contribution in [0.15, 0.2) is 97.6 Å². The van der Waals surface area contributed by atoms with Gasteiger partial charge in [0.2, 0.25) is 0 Å². The van der Waals surface area contributed by atoms with Crippen LogP contribution in [0.4, 0.5) is 0 Å². The second-order valence-corrected chi connectivity index (χ2v) is 16.1. The number of hydrogen-bond acceptors (Lipinski definition) is 11. The molecule has 6 heterocycles. The monoisotopic (exact) mass is 1000 g/mol. The average molecular weight is 1000 g/mol. The largest absolute Gasteiger partial charge is 2.00 e. The molecular formula is C48H48N6O4RuS4. The Kier molecular flexibility index (Phi) is 27.6. The Labute approximate surface area is 401 Å². The zero-order valence-electron chi connectivity index (χ0n) is 35.0. The molecule has 0 aliphatic heterocycles. The van der Waals surface area contributed by atoms with Crippen molar-refractivity contribution < 1.29 is 38.9 Å². The first-order chi connectivity index (χ1) is 30.3. The summed E-state index contributed by atoms with van der Waals surface area (Å²) < 4.78 is 4.68. The van der Waals surface area contributed by atoms with Crippen molar-refractivity contribution in [1.29, 1.82) is 0 Å². The number of nitrogens with zero attached hydrogens (tertiary/aromatic N) is 6. The number of ether oxygens (including phenoxy) is 1. The SMILES string of the molecule is CCCCCCc1ccc(/C=C/c2ccnc(-c3cc(/C=C/c4ccc(CCCCCC)s4)ccn3)c2)s1.O=COc1ccnc(-c2cc(C(=O)O)ccn2)c1.[N-]=C=S.[N-]=C=S.[Ru+2]. The van der Waals surface area contributed by atoms with E-state index in [4.69, 9.17) is 15.9 Å². The zero-order valence-corrected chi connectivity index (χ0v) is 40.0. The van der Waals surface area contributed by atoms with E-state index in [1.54, 1.807) is 0 Å². The molecule has 63 heavy (non-hydrogen) atoms. The van der Waals surface area contributed by atoms with Crippen LogP contribution < -0.4 is 4.74 Å². The second-order valence-electron chi connectivity index (χ2n) is 13.4. The van der Waals surface area contributed by atoms with E-state index >= 15 is 0 Å². The molecule has 6 aromatic heterocycles.